The SMILES string of the molecule is Cc1cc2c(cc1-c1n(-c3c(C(C)C)cccc3C(C)C)c3ccccc3[n+]1C)oc1nc(F)ccc12. The first-order valence-corrected chi connectivity index (χ1v) is 12.9. The van der Waals surface area contributed by atoms with Crippen LogP contribution >= 0.6 is 0 Å². The molecule has 0 radical (unpaired) electrons. The molecule has 0 bridgehead atoms. The van der Waals surface area contributed by atoms with Crippen molar-refractivity contribution in [3.05, 3.63) is 89.4 Å². The van der Waals surface area contributed by atoms with E-state index < -0.39 is 5.95 Å². The van der Waals surface area contributed by atoms with Gasteiger partial charge in [0.1, 0.15) is 11.3 Å². The number of imidazole rings is 1. The van der Waals surface area contributed by atoms with E-state index in [0.29, 0.717) is 23.1 Å². The first-order chi connectivity index (χ1) is 17.8. The Kier molecular flexibility index (Phi) is 5.41. The van der Waals surface area contributed by atoms with E-state index in [9.17, 15) is 4.39 Å². The minimum atomic E-state index is -0.540. The lowest BCUT2D eigenvalue weighted by Gasteiger charge is -2.18. The van der Waals surface area contributed by atoms with Crippen molar-refractivity contribution < 1.29 is 13.4 Å². The first kappa shape index (κ1) is 23.4. The monoisotopic (exact) mass is 492 g/mol. The number of pyridine rings is 1. The number of hydrogen-bond donors (Lipinski definition) is 0. The van der Waals surface area contributed by atoms with E-state index in [1.165, 1.54) is 22.9 Å². The summed E-state index contributed by atoms with van der Waals surface area (Å²) in [7, 11) is 2.13. The lowest BCUT2D eigenvalue weighted by atomic mass is 9.92. The highest BCUT2D eigenvalue weighted by atomic mass is 19.1. The summed E-state index contributed by atoms with van der Waals surface area (Å²) in [5.74, 6) is 1.25. The van der Waals surface area contributed by atoms with Crippen LogP contribution in [0.2, 0.25) is 0 Å². The molecule has 0 atom stereocenters. The van der Waals surface area contributed by atoms with Crippen LogP contribution in [0.15, 0.2) is 71.1 Å². The van der Waals surface area contributed by atoms with E-state index in [4.69, 9.17) is 4.42 Å². The van der Waals surface area contributed by atoms with Crippen molar-refractivity contribution in [2.24, 2.45) is 7.05 Å². The van der Waals surface area contributed by atoms with E-state index >= 15 is 0 Å². The average Bonchev–Trinajstić information content (AvgIpc) is 3.36. The summed E-state index contributed by atoms with van der Waals surface area (Å²) in [6.07, 6.45) is 0. The number of rotatable bonds is 4. The highest BCUT2D eigenvalue weighted by Crippen LogP contribution is 2.39. The molecular formula is C32H31FN3O+. The fourth-order valence-electron chi connectivity index (χ4n) is 5.64. The Balaban J connectivity index is 1.75. The maximum Gasteiger partial charge on any atom is 0.295 e. The van der Waals surface area contributed by atoms with Gasteiger partial charge in [-0.15, -0.1) is 0 Å². The molecule has 0 amide bonds. The molecule has 0 N–H and O–H groups in total. The van der Waals surface area contributed by atoms with Crippen LogP contribution in [0.4, 0.5) is 4.39 Å². The van der Waals surface area contributed by atoms with Crippen LogP contribution in [0, 0.1) is 12.9 Å². The van der Waals surface area contributed by atoms with Crippen molar-refractivity contribution in [3.63, 3.8) is 0 Å². The van der Waals surface area contributed by atoms with Gasteiger partial charge in [-0.1, -0.05) is 58.0 Å². The van der Waals surface area contributed by atoms with Gasteiger partial charge in [0.05, 0.1) is 12.6 Å². The lowest BCUT2D eigenvalue weighted by Crippen LogP contribution is -2.30. The van der Waals surface area contributed by atoms with Crippen molar-refractivity contribution in [1.82, 2.24) is 9.55 Å². The maximum absolute atomic E-state index is 13.8. The van der Waals surface area contributed by atoms with Gasteiger partial charge in [0.2, 0.25) is 11.7 Å². The average molecular weight is 493 g/mol. The number of nitrogens with zero attached hydrogens (tertiary/aromatic N) is 3. The predicted molar refractivity (Wildman–Crippen MR) is 148 cm³/mol. The predicted octanol–water partition coefficient (Wildman–Crippen LogP) is 8.11. The smallest absolute Gasteiger partial charge is 0.295 e. The van der Waals surface area contributed by atoms with Crippen molar-refractivity contribution >= 4 is 33.1 Å². The fraction of sp³-hybridized carbons (Fsp3) is 0.250. The minimum absolute atomic E-state index is 0.323. The zero-order valence-electron chi connectivity index (χ0n) is 22.1. The molecule has 0 aliphatic heterocycles. The van der Waals surface area contributed by atoms with E-state index in [1.807, 2.05) is 0 Å². The summed E-state index contributed by atoms with van der Waals surface area (Å²) >= 11 is 0. The second-order valence-corrected chi connectivity index (χ2v) is 10.6. The molecule has 5 heteroatoms. The Morgan fingerprint density at radius 1 is 0.865 bits per heavy atom. The Hall–Kier alpha value is -3.99. The normalized spacial score (nSPS) is 12.1. The third-order valence-electron chi connectivity index (χ3n) is 7.47. The number of benzene rings is 3. The van der Waals surface area contributed by atoms with Crippen molar-refractivity contribution in [1.29, 1.82) is 0 Å². The van der Waals surface area contributed by atoms with Crippen molar-refractivity contribution in [2.75, 3.05) is 0 Å². The van der Waals surface area contributed by atoms with Crippen LogP contribution in [0.5, 0.6) is 0 Å². The molecule has 0 fully saturated rings. The Labute approximate surface area is 216 Å². The Bertz CT molecular complexity index is 1800. The van der Waals surface area contributed by atoms with Gasteiger partial charge in [-0.25, -0.2) is 4.57 Å². The third-order valence-corrected chi connectivity index (χ3v) is 7.47. The zero-order valence-corrected chi connectivity index (χ0v) is 22.1. The molecule has 4 nitrogen and oxygen atoms in total. The number of halogens is 1. The highest BCUT2D eigenvalue weighted by Gasteiger charge is 2.31. The molecule has 3 heterocycles. The number of furan rings is 1. The molecule has 6 aromatic rings. The van der Waals surface area contributed by atoms with E-state index in [0.717, 1.165) is 38.8 Å². The summed E-state index contributed by atoms with van der Waals surface area (Å²) in [4.78, 5) is 3.98. The van der Waals surface area contributed by atoms with Gasteiger partial charge < -0.3 is 4.42 Å². The van der Waals surface area contributed by atoms with Crippen LogP contribution < -0.4 is 4.57 Å². The highest BCUT2D eigenvalue weighted by molar-refractivity contribution is 6.05. The molecule has 0 saturated heterocycles. The molecule has 186 valence electrons. The summed E-state index contributed by atoms with van der Waals surface area (Å²) in [5.41, 5.74) is 9.39. The van der Waals surface area contributed by atoms with Crippen LogP contribution in [-0.2, 0) is 7.05 Å². The maximum atomic E-state index is 13.8. The zero-order chi connectivity index (χ0) is 26.0. The first-order valence-electron chi connectivity index (χ1n) is 12.9. The number of fused-ring (bicyclic) bond motifs is 4. The molecule has 0 saturated carbocycles. The summed E-state index contributed by atoms with van der Waals surface area (Å²) < 4.78 is 24.6. The quantitative estimate of drug-likeness (QED) is 0.184. The second kappa shape index (κ2) is 8.55. The molecule has 37 heavy (non-hydrogen) atoms. The van der Waals surface area contributed by atoms with E-state index in [1.54, 1.807) is 6.07 Å². The van der Waals surface area contributed by atoms with Crippen molar-refractivity contribution in [3.8, 4) is 17.1 Å². The summed E-state index contributed by atoms with van der Waals surface area (Å²) in [6, 6.07) is 22.6. The molecule has 6 rings (SSSR count). The standard InChI is InChI=1S/C32H31FN3O/c1-18(2)21-10-9-11-22(19(3)4)30(21)36-27-13-8-7-12-26(27)35(6)32(36)24-17-28-25(16-20(24)5)23-14-15-29(33)34-31(23)37-28/h7-19H,1-6H3/q+1. The van der Waals surface area contributed by atoms with Gasteiger partial charge in [0.15, 0.2) is 11.0 Å². The van der Waals surface area contributed by atoms with E-state index in [-0.39, 0.29) is 0 Å². The Morgan fingerprint density at radius 2 is 1.57 bits per heavy atom. The van der Waals surface area contributed by atoms with Crippen molar-refractivity contribution in [2.45, 2.75) is 46.5 Å². The summed E-state index contributed by atoms with van der Waals surface area (Å²) in [5, 5.41) is 1.77. The molecule has 0 unspecified atom stereocenters. The van der Waals surface area contributed by atoms with Gasteiger partial charge >= 0.3 is 0 Å². The number of para-hydroxylation sites is 3. The van der Waals surface area contributed by atoms with Gasteiger partial charge in [0, 0.05) is 21.9 Å². The van der Waals surface area contributed by atoms with Crippen LogP contribution in [0.25, 0.3) is 50.2 Å². The van der Waals surface area contributed by atoms with E-state index in [2.05, 4.69) is 110 Å². The molecule has 0 aliphatic carbocycles. The fourth-order valence-corrected chi connectivity index (χ4v) is 5.64. The molecular weight excluding hydrogens is 461 g/mol. The number of hydrogen-bond acceptors (Lipinski definition) is 2. The number of aryl methyl sites for hydroxylation is 2. The third kappa shape index (κ3) is 3.56. The largest absolute Gasteiger partial charge is 0.438 e. The Morgan fingerprint density at radius 3 is 2.27 bits per heavy atom. The van der Waals surface area contributed by atoms with Crippen LogP contribution in [0.3, 0.4) is 0 Å². The molecule has 0 spiro atoms. The summed E-state index contributed by atoms with van der Waals surface area (Å²) in [6.45, 7) is 11.2. The van der Waals surface area contributed by atoms with Crippen LogP contribution in [0.1, 0.15) is 56.2 Å². The van der Waals surface area contributed by atoms with Gasteiger partial charge in [0.25, 0.3) is 5.82 Å². The van der Waals surface area contributed by atoms with Gasteiger partial charge in [-0.2, -0.15) is 13.9 Å². The molecule has 3 aromatic heterocycles. The topological polar surface area (TPSA) is 34.8 Å². The van der Waals surface area contributed by atoms with Crippen LogP contribution in [-0.4, -0.2) is 9.55 Å². The minimum Gasteiger partial charge on any atom is -0.438 e. The van der Waals surface area contributed by atoms with Gasteiger partial charge in [-0.3, -0.25) is 0 Å². The number of aromatic nitrogens is 3. The molecule has 3 aromatic carbocycles. The lowest BCUT2D eigenvalue weighted by molar-refractivity contribution is -0.633. The second-order valence-electron chi connectivity index (χ2n) is 10.6. The molecule has 0 aliphatic rings. The van der Waals surface area contributed by atoms with Gasteiger partial charge in [-0.05, 0) is 60.7 Å².